The molecule has 0 saturated carbocycles. The molecule has 0 radical (unpaired) electrons. The molecule has 0 bridgehead atoms. The van der Waals surface area contributed by atoms with Crippen molar-refractivity contribution < 1.29 is 24.2 Å². The van der Waals surface area contributed by atoms with E-state index in [1.807, 2.05) is 0 Å². The van der Waals surface area contributed by atoms with Crippen LogP contribution in [0.5, 0.6) is 0 Å². The van der Waals surface area contributed by atoms with E-state index in [0.29, 0.717) is 30.0 Å². The van der Waals surface area contributed by atoms with Gasteiger partial charge in [0.05, 0.1) is 16.8 Å². The second-order valence-electron chi connectivity index (χ2n) is 5.87. The second-order valence-corrected chi connectivity index (χ2v) is 5.87. The summed E-state index contributed by atoms with van der Waals surface area (Å²) >= 11 is 0. The lowest BCUT2D eigenvalue weighted by molar-refractivity contribution is -0.124. The number of ether oxygens (including phenoxy) is 1. The summed E-state index contributed by atoms with van der Waals surface area (Å²) in [5, 5.41) is 14.3. The Kier molecular flexibility index (Phi) is 5.28. The number of carboxylic acid groups (broad SMARTS) is 1. The Morgan fingerprint density at radius 2 is 1.73 bits per heavy atom. The number of aromatic carboxylic acids is 1. The molecule has 7 heteroatoms. The van der Waals surface area contributed by atoms with E-state index < -0.39 is 18.0 Å². The van der Waals surface area contributed by atoms with Crippen molar-refractivity contribution in [3.05, 3.63) is 59.7 Å². The first-order chi connectivity index (χ1) is 12.5. The van der Waals surface area contributed by atoms with Crippen LogP contribution in [0, 0.1) is 0 Å². The SMILES string of the molecule is O=C(O)c1ccc(NC(=O)c2ccccc2NC(=O)[C@H]2CCCO2)cc1. The Hall–Kier alpha value is -3.19. The molecule has 26 heavy (non-hydrogen) atoms. The highest BCUT2D eigenvalue weighted by Crippen LogP contribution is 2.20. The van der Waals surface area contributed by atoms with Gasteiger partial charge in [0.1, 0.15) is 6.10 Å². The first-order valence-electron chi connectivity index (χ1n) is 8.21. The van der Waals surface area contributed by atoms with E-state index in [1.165, 1.54) is 24.3 Å². The average Bonchev–Trinajstić information content (AvgIpc) is 3.17. The van der Waals surface area contributed by atoms with Crippen LogP contribution in [0.1, 0.15) is 33.6 Å². The third-order valence-corrected chi connectivity index (χ3v) is 4.04. The van der Waals surface area contributed by atoms with E-state index in [2.05, 4.69) is 10.6 Å². The molecule has 1 atom stereocenters. The molecule has 0 unspecified atom stereocenters. The maximum atomic E-state index is 12.5. The van der Waals surface area contributed by atoms with Gasteiger partial charge in [-0.15, -0.1) is 0 Å². The highest BCUT2D eigenvalue weighted by Gasteiger charge is 2.24. The number of rotatable bonds is 5. The summed E-state index contributed by atoms with van der Waals surface area (Å²) in [6.45, 7) is 0.562. The molecule has 0 spiro atoms. The van der Waals surface area contributed by atoms with E-state index >= 15 is 0 Å². The maximum absolute atomic E-state index is 12.5. The smallest absolute Gasteiger partial charge is 0.335 e. The van der Waals surface area contributed by atoms with E-state index in [-0.39, 0.29) is 11.5 Å². The Balaban J connectivity index is 1.72. The van der Waals surface area contributed by atoms with Gasteiger partial charge in [-0.05, 0) is 49.2 Å². The van der Waals surface area contributed by atoms with Gasteiger partial charge in [0.2, 0.25) is 0 Å². The molecular weight excluding hydrogens is 336 g/mol. The van der Waals surface area contributed by atoms with Gasteiger partial charge < -0.3 is 20.5 Å². The van der Waals surface area contributed by atoms with Crippen molar-refractivity contribution in [3.63, 3.8) is 0 Å². The van der Waals surface area contributed by atoms with Gasteiger partial charge in [-0.3, -0.25) is 9.59 Å². The lowest BCUT2D eigenvalue weighted by Gasteiger charge is -2.14. The Labute approximate surface area is 150 Å². The molecular formula is C19H18N2O5. The number of nitrogens with one attached hydrogen (secondary N) is 2. The van der Waals surface area contributed by atoms with Gasteiger partial charge in [0, 0.05) is 12.3 Å². The fourth-order valence-corrected chi connectivity index (χ4v) is 2.68. The fraction of sp³-hybridized carbons (Fsp3) is 0.211. The van der Waals surface area contributed by atoms with Crippen molar-refractivity contribution in [2.75, 3.05) is 17.2 Å². The first kappa shape index (κ1) is 17.6. The molecule has 0 aromatic heterocycles. The average molecular weight is 354 g/mol. The van der Waals surface area contributed by atoms with Crippen molar-refractivity contribution in [2.24, 2.45) is 0 Å². The molecule has 1 heterocycles. The summed E-state index contributed by atoms with van der Waals surface area (Å²) in [5.41, 5.74) is 1.29. The van der Waals surface area contributed by atoms with Crippen LogP contribution in [-0.4, -0.2) is 35.6 Å². The zero-order valence-electron chi connectivity index (χ0n) is 13.9. The van der Waals surface area contributed by atoms with Crippen LogP contribution < -0.4 is 10.6 Å². The van der Waals surface area contributed by atoms with Crippen molar-refractivity contribution in [1.29, 1.82) is 0 Å². The Morgan fingerprint density at radius 3 is 2.38 bits per heavy atom. The zero-order chi connectivity index (χ0) is 18.5. The summed E-state index contributed by atoms with van der Waals surface area (Å²) in [6, 6.07) is 12.5. The van der Waals surface area contributed by atoms with Crippen LogP contribution in [0.4, 0.5) is 11.4 Å². The first-order valence-corrected chi connectivity index (χ1v) is 8.21. The second kappa shape index (κ2) is 7.79. The number of amides is 2. The van der Waals surface area contributed by atoms with Gasteiger partial charge in [-0.25, -0.2) is 4.79 Å². The summed E-state index contributed by atoms with van der Waals surface area (Å²) in [4.78, 5) is 35.6. The molecule has 3 N–H and O–H groups in total. The standard InChI is InChI=1S/C19H18N2O5/c22-17(20-13-9-7-12(8-10-13)19(24)25)14-4-1-2-5-15(14)21-18(23)16-6-3-11-26-16/h1-2,4-5,7-10,16H,3,6,11H2,(H,20,22)(H,21,23)(H,24,25)/t16-/m1/s1. The van der Waals surface area contributed by atoms with Crippen molar-refractivity contribution in [3.8, 4) is 0 Å². The highest BCUT2D eigenvalue weighted by molar-refractivity contribution is 6.10. The number of anilines is 2. The van der Waals surface area contributed by atoms with E-state index in [1.54, 1.807) is 24.3 Å². The molecule has 1 aliphatic rings. The molecule has 3 rings (SSSR count). The number of hydrogen-bond acceptors (Lipinski definition) is 4. The van der Waals surface area contributed by atoms with Crippen LogP contribution in [0.15, 0.2) is 48.5 Å². The third-order valence-electron chi connectivity index (χ3n) is 4.04. The predicted octanol–water partition coefficient (Wildman–Crippen LogP) is 2.75. The fourth-order valence-electron chi connectivity index (χ4n) is 2.68. The molecule has 2 amide bonds. The maximum Gasteiger partial charge on any atom is 0.335 e. The van der Waals surface area contributed by atoms with Crippen LogP contribution in [0.2, 0.25) is 0 Å². The summed E-state index contributed by atoms with van der Waals surface area (Å²) in [5.74, 6) is -1.71. The molecule has 2 aromatic rings. The van der Waals surface area contributed by atoms with Crippen LogP contribution in [0.3, 0.4) is 0 Å². The number of benzene rings is 2. The van der Waals surface area contributed by atoms with Crippen LogP contribution in [-0.2, 0) is 9.53 Å². The normalized spacial score (nSPS) is 16.1. The van der Waals surface area contributed by atoms with Crippen molar-refractivity contribution >= 4 is 29.2 Å². The number of carbonyl (C=O) groups is 3. The topological polar surface area (TPSA) is 105 Å². The van der Waals surface area contributed by atoms with Gasteiger partial charge in [-0.1, -0.05) is 12.1 Å². The minimum absolute atomic E-state index is 0.132. The number of carboxylic acids is 1. The largest absolute Gasteiger partial charge is 0.478 e. The molecule has 2 aromatic carbocycles. The molecule has 0 aliphatic carbocycles. The van der Waals surface area contributed by atoms with E-state index in [4.69, 9.17) is 9.84 Å². The lowest BCUT2D eigenvalue weighted by atomic mass is 10.1. The Morgan fingerprint density at radius 1 is 1.00 bits per heavy atom. The quantitative estimate of drug-likeness (QED) is 0.766. The molecule has 1 fully saturated rings. The Bertz CT molecular complexity index is 826. The molecule has 1 saturated heterocycles. The summed E-state index contributed by atoms with van der Waals surface area (Å²) in [6.07, 6.45) is 1.01. The minimum atomic E-state index is -1.04. The molecule has 1 aliphatic heterocycles. The van der Waals surface area contributed by atoms with Gasteiger partial charge >= 0.3 is 5.97 Å². The summed E-state index contributed by atoms with van der Waals surface area (Å²) < 4.78 is 5.35. The monoisotopic (exact) mass is 354 g/mol. The lowest BCUT2D eigenvalue weighted by Crippen LogP contribution is -2.28. The van der Waals surface area contributed by atoms with Gasteiger partial charge in [0.25, 0.3) is 11.8 Å². The van der Waals surface area contributed by atoms with Crippen molar-refractivity contribution in [2.45, 2.75) is 18.9 Å². The van der Waals surface area contributed by atoms with Crippen molar-refractivity contribution in [1.82, 2.24) is 0 Å². The van der Waals surface area contributed by atoms with Gasteiger partial charge in [0.15, 0.2) is 0 Å². The van der Waals surface area contributed by atoms with Crippen LogP contribution >= 0.6 is 0 Å². The molecule has 134 valence electrons. The zero-order valence-corrected chi connectivity index (χ0v) is 13.9. The van der Waals surface area contributed by atoms with Gasteiger partial charge in [-0.2, -0.15) is 0 Å². The summed E-state index contributed by atoms with van der Waals surface area (Å²) in [7, 11) is 0. The number of carbonyl (C=O) groups excluding carboxylic acids is 2. The van der Waals surface area contributed by atoms with E-state index in [0.717, 1.165) is 6.42 Å². The number of hydrogen-bond donors (Lipinski definition) is 3. The highest BCUT2D eigenvalue weighted by atomic mass is 16.5. The third kappa shape index (κ3) is 4.07. The minimum Gasteiger partial charge on any atom is -0.478 e. The predicted molar refractivity (Wildman–Crippen MR) is 95.4 cm³/mol. The number of para-hydroxylation sites is 1. The van der Waals surface area contributed by atoms with Crippen LogP contribution in [0.25, 0.3) is 0 Å². The van der Waals surface area contributed by atoms with E-state index in [9.17, 15) is 14.4 Å². The molecule has 7 nitrogen and oxygen atoms in total.